The van der Waals surface area contributed by atoms with Crippen molar-refractivity contribution in [1.29, 1.82) is 0 Å². The summed E-state index contributed by atoms with van der Waals surface area (Å²) in [6, 6.07) is 12.3. The van der Waals surface area contributed by atoms with E-state index in [1.807, 2.05) is 0 Å². The Morgan fingerprint density at radius 2 is 2.00 bits per heavy atom. The van der Waals surface area contributed by atoms with Gasteiger partial charge < -0.3 is 14.4 Å². The molecule has 4 rings (SSSR count). The van der Waals surface area contributed by atoms with Gasteiger partial charge in [-0.05, 0) is 55.3 Å². The molecule has 8 heteroatoms. The van der Waals surface area contributed by atoms with Crippen molar-refractivity contribution >= 4 is 35.0 Å². The third-order valence-electron chi connectivity index (χ3n) is 5.59. The number of imide groups is 1. The summed E-state index contributed by atoms with van der Waals surface area (Å²) in [5.41, 5.74) is 0.829. The van der Waals surface area contributed by atoms with Crippen LogP contribution in [0.2, 0.25) is 5.02 Å². The van der Waals surface area contributed by atoms with Crippen LogP contribution in [0.25, 0.3) is 0 Å². The molecule has 7 nitrogen and oxygen atoms in total. The number of anilines is 1. The molecule has 2 aromatic carbocycles. The van der Waals surface area contributed by atoms with Gasteiger partial charge in [-0.15, -0.1) is 0 Å². The molecule has 2 aromatic rings. The number of ether oxygens (including phenoxy) is 2. The van der Waals surface area contributed by atoms with E-state index in [0.717, 1.165) is 17.7 Å². The minimum absolute atomic E-state index is 0.0795. The fraction of sp³-hybridized carbons (Fsp3) is 0.348. The van der Waals surface area contributed by atoms with E-state index in [4.69, 9.17) is 21.1 Å². The van der Waals surface area contributed by atoms with Gasteiger partial charge in [-0.1, -0.05) is 17.7 Å². The topological polar surface area (TPSA) is 76.2 Å². The van der Waals surface area contributed by atoms with E-state index in [1.165, 1.54) is 12.0 Å². The van der Waals surface area contributed by atoms with E-state index in [9.17, 15) is 14.4 Å². The van der Waals surface area contributed by atoms with Crippen LogP contribution in [-0.2, 0) is 14.3 Å². The molecular weight excluding hydrogens is 420 g/mol. The van der Waals surface area contributed by atoms with Crippen LogP contribution < -0.4 is 9.64 Å². The van der Waals surface area contributed by atoms with Crippen LogP contribution in [-0.4, -0.2) is 55.0 Å². The summed E-state index contributed by atoms with van der Waals surface area (Å²) >= 11 is 5.93. The molecule has 162 valence electrons. The van der Waals surface area contributed by atoms with Crippen LogP contribution in [0.1, 0.15) is 29.6 Å². The summed E-state index contributed by atoms with van der Waals surface area (Å²) in [7, 11) is 1.52. The first kappa shape index (κ1) is 21.3. The first-order valence-electron chi connectivity index (χ1n) is 10.2. The minimum atomic E-state index is -0.897. The molecule has 31 heavy (non-hydrogen) atoms. The van der Waals surface area contributed by atoms with Crippen LogP contribution in [0.15, 0.2) is 48.5 Å². The quantitative estimate of drug-likeness (QED) is 0.641. The van der Waals surface area contributed by atoms with Gasteiger partial charge >= 0.3 is 0 Å². The van der Waals surface area contributed by atoms with Gasteiger partial charge in [0.05, 0.1) is 25.3 Å². The van der Waals surface area contributed by atoms with Crippen LogP contribution in [0.3, 0.4) is 0 Å². The molecule has 0 radical (unpaired) electrons. The lowest BCUT2D eigenvalue weighted by Gasteiger charge is -2.30. The monoisotopic (exact) mass is 442 g/mol. The number of amides is 3. The molecule has 2 aliphatic rings. The zero-order valence-corrected chi connectivity index (χ0v) is 17.9. The van der Waals surface area contributed by atoms with Crippen molar-refractivity contribution in [2.75, 3.05) is 25.2 Å². The Balaban J connectivity index is 1.64. The molecule has 2 fully saturated rings. The molecule has 2 saturated heterocycles. The molecule has 0 N–H and O–H groups in total. The average Bonchev–Trinajstić information content (AvgIpc) is 3.40. The van der Waals surface area contributed by atoms with E-state index >= 15 is 0 Å². The summed E-state index contributed by atoms with van der Waals surface area (Å²) in [5.74, 6) is -0.576. The Morgan fingerprint density at radius 3 is 2.68 bits per heavy atom. The van der Waals surface area contributed by atoms with Crippen LogP contribution >= 0.6 is 11.6 Å². The highest BCUT2D eigenvalue weighted by molar-refractivity contribution is 6.31. The maximum absolute atomic E-state index is 13.4. The number of benzene rings is 2. The zero-order valence-electron chi connectivity index (χ0n) is 17.1. The molecule has 2 atom stereocenters. The van der Waals surface area contributed by atoms with Gasteiger partial charge in [0.25, 0.3) is 11.8 Å². The summed E-state index contributed by atoms with van der Waals surface area (Å²) < 4.78 is 10.9. The smallest absolute Gasteiger partial charge is 0.257 e. The lowest BCUT2D eigenvalue weighted by molar-refractivity contribution is -0.122. The lowest BCUT2D eigenvalue weighted by Crippen LogP contribution is -2.48. The minimum Gasteiger partial charge on any atom is -0.497 e. The number of hydrogen-bond donors (Lipinski definition) is 0. The first-order chi connectivity index (χ1) is 15.0. The predicted molar refractivity (Wildman–Crippen MR) is 115 cm³/mol. The molecular formula is C23H23ClN2O5. The van der Waals surface area contributed by atoms with Crippen molar-refractivity contribution in [1.82, 2.24) is 4.90 Å². The number of methoxy groups -OCH3 is 1. The van der Waals surface area contributed by atoms with E-state index in [1.54, 1.807) is 48.5 Å². The molecule has 0 saturated carbocycles. The number of carbonyl (C=O) groups excluding carboxylic acids is 3. The van der Waals surface area contributed by atoms with E-state index in [-0.39, 0.29) is 30.9 Å². The molecule has 0 bridgehead atoms. The van der Waals surface area contributed by atoms with Crippen molar-refractivity contribution in [3.8, 4) is 5.75 Å². The number of carbonyl (C=O) groups is 3. The molecule has 2 unspecified atom stereocenters. The van der Waals surface area contributed by atoms with Crippen molar-refractivity contribution in [2.45, 2.75) is 31.4 Å². The number of rotatable bonds is 6. The number of hydrogen-bond acceptors (Lipinski definition) is 5. The first-order valence-corrected chi connectivity index (χ1v) is 10.5. The lowest BCUT2D eigenvalue weighted by atomic mass is 10.1. The van der Waals surface area contributed by atoms with Gasteiger partial charge in [0.1, 0.15) is 11.8 Å². The normalized spacial score (nSPS) is 20.9. The van der Waals surface area contributed by atoms with Crippen LogP contribution in [0, 0.1) is 0 Å². The maximum Gasteiger partial charge on any atom is 0.257 e. The summed E-state index contributed by atoms with van der Waals surface area (Å²) in [6.45, 7) is 0.870. The van der Waals surface area contributed by atoms with Crippen molar-refractivity contribution in [3.05, 3.63) is 59.1 Å². The fourth-order valence-corrected chi connectivity index (χ4v) is 4.13. The molecule has 0 aromatic heterocycles. The van der Waals surface area contributed by atoms with Gasteiger partial charge in [-0.25, -0.2) is 4.90 Å². The summed E-state index contributed by atoms with van der Waals surface area (Å²) in [4.78, 5) is 42.1. The Morgan fingerprint density at radius 1 is 1.23 bits per heavy atom. The molecule has 3 amide bonds. The highest BCUT2D eigenvalue weighted by atomic mass is 35.5. The summed E-state index contributed by atoms with van der Waals surface area (Å²) in [6.07, 6.45) is 1.46. The molecule has 0 aliphatic carbocycles. The molecule has 2 aliphatic heterocycles. The Labute approximate surface area is 185 Å². The average molecular weight is 443 g/mol. The maximum atomic E-state index is 13.4. The summed E-state index contributed by atoms with van der Waals surface area (Å²) in [5, 5.41) is 0.507. The Bertz CT molecular complexity index is 988. The highest BCUT2D eigenvalue weighted by Gasteiger charge is 2.45. The third-order valence-corrected chi connectivity index (χ3v) is 5.84. The van der Waals surface area contributed by atoms with Crippen LogP contribution in [0.4, 0.5) is 5.69 Å². The second kappa shape index (κ2) is 9.08. The van der Waals surface area contributed by atoms with Crippen molar-refractivity contribution in [2.24, 2.45) is 0 Å². The Kier molecular flexibility index (Phi) is 6.25. The number of halogens is 1. The second-order valence-electron chi connectivity index (χ2n) is 7.59. The predicted octanol–water partition coefficient (Wildman–Crippen LogP) is 3.30. The highest BCUT2D eigenvalue weighted by Crippen LogP contribution is 2.29. The van der Waals surface area contributed by atoms with Crippen LogP contribution in [0.5, 0.6) is 5.75 Å². The van der Waals surface area contributed by atoms with Gasteiger partial charge in [0.15, 0.2) is 0 Å². The van der Waals surface area contributed by atoms with E-state index < -0.39 is 11.9 Å². The second-order valence-corrected chi connectivity index (χ2v) is 8.02. The van der Waals surface area contributed by atoms with Gasteiger partial charge in [-0.2, -0.15) is 0 Å². The standard InChI is InChI=1S/C23H23ClN2O5/c1-30-18-5-2-4-15(12-18)22(28)25(14-19-6-3-11-31-19)20-13-21(27)26(23(20)29)17-9-7-16(24)8-10-17/h2,4-5,7-10,12,19-20H,3,6,11,13-14H2,1H3. The van der Waals surface area contributed by atoms with Crippen molar-refractivity contribution in [3.63, 3.8) is 0 Å². The van der Waals surface area contributed by atoms with Gasteiger partial charge in [0, 0.05) is 23.7 Å². The fourth-order valence-electron chi connectivity index (χ4n) is 4.00. The molecule has 0 spiro atoms. The molecule has 2 heterocycles. The van der Waals surface area contributed by atoms with E-state index in [0.29, 0.717) is 28.6 Å². The third kappa shape index (κ3) is 4.43. The van der Waals surface area contributed by atoms with Gasteiger partial charge in [-0.3, -0.25) is 14.4 Å². The Hall–Kier alpha value is -2.90. The largest absolute Gasteiger partial charge is 0.497 e. The zero-order chi connectivity index (χ0) is 22.0. The number of nitrogens with zero attached hydrogens (tertiary/aromatic N) is 2. The van der Waals surface area contributed by atoms with Crippen molar-refractivity contribution < 1.29 is 23.9 Å². The van der Waals surface area contributed by atoms with E-state index in [2.05, 4.69) is 0 Å². The SMILES string of the molecule is COc1cccc(C(=O)N(CC2CCCO2)C2CC(=O)N(c3ccc(Cl)cc3)C2=O)c1. The van der Waals surface area contributed by atoms with Gasteiger partial charge in [0.2, 0.25) is 5.91 Å².